The summed E-state index contributed by atoms with van der Waals surface area (Å²) in [5.74, 6) is -0.427. The maximum atomic E-state index is 12.6. The van der Waals surface area contributed by atoms with Crippen LogP contribution in [0.2, 0.25) is 0 Å². The standard InChI is InChI=1S/C20H27N3O7/c1-5-8-29-18-14(23(26)27)10-13(11-15(18)28-7-3)17-16(19(24)30-9-6-2)12(4)21-20(25)22-17/h10-11,17H,5-9H2,1-4H3,(H2,21,22,25). The fourth-order valence-corrected chi connectivity index (χ4v) is 3.01. The molecule has 0 fully saturated rings. The lowest BCUT2D eigenvalue weighted by atomic mass is 9.94. The van der Waals surface area contributed by atoms with Crippen LogP contribution in [0.25, 0.3) is 0 Å². The van der Waals surface area contributed by atoms with Crippen LogP contribution in [0, 0.1) is 10.1 Å². The second kappa shape index (κ2) is 10.5. The summed E-state index contributed by atoms with van der Waals surface area (Å²) in [6.45, 7) is 7.80. The van der Waals surface area contributed by atoms with Gasteiger partial charge in [-0.2, -0.15) is 0 Å². The van der Waals surface area contributed by atoms with Crippen molar-refractivity contribution in [3.8, 4) is 11.5 Å². The number of ether oxygens (including phenoxy) is 3. The third-order valence-electron chi connectivity index (χ3n) is 4.26. The molecular weight excluding hydrogens is 394 g/mol. The Hall–Kier alpha value is -3.30. The van der Waals surface area contributed by atoms with Gasteiger partial charge in [0.25, 0.3) is 0 Å². The second-order valence-corrected chi connectivity index (χ2v) is 6.61. The summed E-state index contributed by atoms with van der Waals surface area (Å²) in [6.07, 6.45) is 1.29. The average molecular weight is 421 g/mol. The first-order chi connectivity index (χ1) is 14.3. The molecule has 1 aliphatic rings. The summed E-state index contributed by atoms with van der Waals surface area (Å²) in [4.78, 5) is 35.9. The number of benzene rings is 1. The normalized spacial score (nSPS) is 15.9. The van der Waals surface area contributed by atoms with E-state index < -0.39 is 23.0 Å². The van der Waals surface area contributed by atoms with Crippen molar-refractivity contribution in [2.75, 3.05) is 19.8 Å². The lowest BCUT2D eigenvalue weighted by molar-refractivity contribution is -0.386. The predicted molar refractivity (Wildman–Crippen MR) is 108 cm³/mol. The van der Waals surface area contributed by atoms with Gasteiger partial charge in [-0.05, 0) is 38.3 Å². The maximum absolute atomic E-state index is 12.6. The molecular formula is C20H27N3O7. The molecule has 0 saturated carbocycles. The molecule has 2 amide bonds. The lowest BCUT2D eigenvalue weighted by Gasteiger charge is -2.28. The van der Waals surface area contributed by atoms with Crippen LogP contribution >= 0.6 is 0 Å². The number of hydrogen-bond donors (Lipinski definition) is 2. The fourth-order valence-electron chi connectivity index (χ4n) is 3.01. The van der Waals surface area contributed by atoms with E-state index in [0.717, 1.165) is 0 Å². The van der Waals surface area contributed by atoms with Crippen LogP contribution in [0.3, 0.4) is 0 Å². The van der Waals surface area contributed by atoms with E-state index in [-0.39, 0.29) is 42.6 Å². The summed E-state index contributed by atoms with van der Waals surface area (Å²) in [5, 5.41) is 16.9. The van der Waals surface area contributed by atoms with Crippen LogP contribution < -0.4 is 20.1 Å². The minimum Gasteiger partial charge on any atom is -0.490 e. The van der Waals surface area contributed by atoms with Gasteiger partial charge in [-0.15, -0.1) is 0 Å². The molecule has 0 aromatic heterocycles. The van der Waals surface area contributed by atoms with Crippen molar-refractivity contribution in [2.24, 2.45) is 0 Å². The lowest BCUT2D eigenvalue weighted by Crippen LogP contribution is -2.45. The van der Waals surface area contributed by atoms with Crippen molar-refractivity contribution in [1.82, 2.24) is 10.6 Å². The summed E-state index contributed by atoms with van der Waals surface area (Å²) >= 11 is 0. The van der Waals surface area contributed by atoms with Crippen molar-refractivity contribution < 1.29 is 28.7 Å². The van der Waals surface area contributed by atoms with Gasteiger partial charge in [-0.1, -0.05) is 13.8 Å². The van der Waals surface area contributed by atoms with Gasteiger partial charge in [-0.25, -0.2) is 9.59 Å². The van der Waals surface area contributed by atoms with Crippen molar-refractivity contribution in [2.45, 2.75) is 46.6 Å². The number of carbonyl (C=O) groups excluding carboxylic acids is 2. The van der Waals surface area contributed by atoms with Gasteiger partial charge in [-0.3, -0.25) is 10.1 Å². The zero-order chi connectivity index (χ0) is 22.3. The average Bonchev–Trinajstić information content (AvgIpc) is 2.70. The van der Waals surface area contributed by atoms with Gasteiger partial charge in [0.05, 0.1) is 36.4 Å². The number of esters is 1. The summed E-state index contributed by atoms with van der Waals surface area (Å²) in [5.41, 5.74) is 0.488. The number of nitro benzene ring substituents is 1. The van der Waals surface area contributed by atoms with Crippen LogP contribution in [0.5, 0.6) is 11.5 Å². The summed E-state index contributed by atoms with van der Waals surface area (Å²) < 4.78 is 16.4. The summed E-state index contributed by atoms with van der Waals surface area (Å²) in [6, 6.07) is 1.35. The van der Waals surface area contributed by atoms with Crippen molar-refractivity contribution in [3.63, 3.8) is 0 Å². The smallest absolute Gasteiger partial charge is 0.338 e. The largest absolute Gasteiger partial charge is 0.490 e. The number of nitrogens with one attached hydrogen (secondary N) is 2. The Morgan fingerprint density at radius 1 is 1.17 bits per heavy atom. The quantitative estimate of drug-likeness (QED) is 0.337. The number of allylic oxidation sites excluding steroid dienone is 1. The number of carbonyl (C=O) groups is 2. The Morgan fingerprint density at radius 2 is 1.87 bits per heavy atom. The first kappa shape index (κ1) is 23.0. The SMILES string of the molecule is CCCOC(=O)C1=C(C)NC(=O)NC1c1cc(OCC)c(OCCC)c([N+](=O)[O-])c1. The molecule has 30 heavy (non-hydrogen) atoms. The van der Waals surface area contributed by atoms with Crippen LogP contribution in [-0.4, -0.2) is 36.7 Å². The molecule has 1 aliphatic heterocycles. The highest BCUT2D eigenvalue weighted by Gasteiger charge is 2.35. The van der Waals surface area contributed by atoms with Gasteiger partial charge >= 0.3 is 17.7 Å². The molecule has 2 rings (SSSR count). The maximum Gasteiger partial charge on any atom is 0.338 e. The highest BCUT2D eigenvalue weighted by molar-refractivity contribution is 5.95. The molecule has 0 aliphatic carbocycles. The monoisotopic (exact) mass is 421 g/mol. The molecule has 1 atom stereocenters. The molecule has 1 heterocycles. The first-order valence-electron chi connectivity index (χ1n) is 9.87. The zero-order valence-electron chi connectivity index (χ0n) is 17.6. The number of urea groups is 1. The van der Waals surface area contributed by atoms with Gasteiger partial charge in [0.1, 0.15) is 0 Å². The van der Waals surface area contributed by atoms with E-state index >= 15 is 0 Å². The Morgan fingerprint density at radius 3 is 2.47 bits per heavy atom. The molecule has 0 bridgehead atoms. The van der Waals surface area contributed by atoms with Crippen molar-refractivity contribution in [1.29, 1.82) is 0 Å². The molecule has 0 radical (unpaired) electrons. The van der Waals surface area contributed by atoms with E-state index in [4.69, 9.17) is 14.2 Å². The Bertz CT molecular complexity index is 851. The fraction of sp³-hybridized carbons (Fsp3) is 0.500. The van der Waals surface area contributed by atoms with Crippen LogP contribution in [0.15, 0.2) is 23.4 Å². The molecule has 1 aromatic rings. The molecule has 0 saturated heterocycles. The number of rotatable bonds is 10. The molecule has 0 spiro atoms. The molecule has 10 heteroatoms. The Balaban J connectivity index is 2.61. The minimum absolute atomic E-state index is 0.0172. The first-order valence-corrected chi connectivity index (χ1v) is 9.87. The van der Waals surface area contributed by atoms with Gasteiger partial charge < -0.3 is 24.8 Å². The molecule has 2 N–H and O–H groups in total. The Labute approximate surface area is 174 Å². The topological polar surface area (TPSA) is 129 Å². The van der Waals surface area contributed by atoms with Gasteiger partial charge in [0.2, 0.25) is 5.75 Å². The van der Waals surface area contributed by atoms with E-state index in [1.807, 2.05) is 13.8 Å². The third-order valence-corrected chi connectivity index (χ3v) is 4.26. The molecule has 164 valence electrons. The van der Waals surface area contributed by atoms with E-state index in [1.54, 1.807) is 13.8 Å². The number of amides is 2. The zero-order valence-corrected chi connectivity index (χ0v) is 17.6. The molecule has 1 aromatic carbocycles. The minimum atomic E-state index is -0.943. The highest BCUT2D eigenvalue weighted by Crippen LogP contribution is 2.42. The number of nitro groups is 1. The van der Waals surface area contributed by atoms with Crippen molar-refractivity contribution >= 4 is 17.7 Å². The number of hydrogen-bond acceptors (Lipinski definition) is 7. The van der Waals surface area contributed by atoms with Gasteiger partial charge in [0, 0.05) is 11.8 Å². The molecule has 1 unspecified atom stereocenters. The van der Waals surface area contributed by atoms with E-state index in [2.05, 4.69) is 10.6 Å². The van der Waals surface area contributed by atoms with E-state index in [0.29, 0.717) is 24.1 Å². The van der Waals surface area contributed by atoms with E-state index in [9.17, 15) is 19.7 Å². The van der Waals surface area contributed by atoms with Crippen LogP contribution in [0.4, 0.5) is 10.5 Å². The second-order valence-electron chi connectivity index (χ2n) is 6.61. The molecule has 10 nitrogen and oxygen atoms in total. The Kier molecular flexibility index (Phi) is 8.02. The van der Waals surface area contributed by atoms with Crippen LogP contribution in [-0.2, 0) is 9.53 Å². The highest BCUT2D eigenvalue weighted by atomic mass is 16.6. The number of nitrogens with zero attached hydrogens (tertiary/aromatic N) is 1. The van der Waals surface area contributed by atoms with E-state index in [1.165, 1.54) is 12.1 Å². The van der Waals surface area contributed by atoms with Crippen molar-refractivity contribution in [3.05, 3.63) is 39.1 Å². The van der Waals surface area contributed by atoms with Gasteiger partial charge in [0.15, 0.2) is 5.75 Å². The summed E-state index contributed by atoms with van der Waals surface area (Å²) in [7, 11) is 0. The van der Waals surface area contributed by atoms with Crippen LogP contribution in [0.1, 0.15) is 52.1 Å². The predicted octanol–water partition coefficient (Wildman–Crippen LogP) is 3.36. The third kappa shape index (κ3) is 5.19.